The van der Waals surface area contributed by atoms with Gasteiger partial charge in [0.1, 0.15) is 23.1 Å². The number of ether oxygens (including phenoxy) is 2. The van der Waals surface area contributed by atoms with Crippen molar-refractivity contribution in [3.63, 3.8) is 0 Å². The number of nitrogens with one attached hydrogen (secondary N) is 2. The fraction of sp³-hybridized carbons (Fsp3) is 0.429. The third-order valence-electron chi connectivity index (χ3n) is 13.1. The molecule has 13 heteroatoms. The average molecular weight is 838 g/mol. The standard InChI is InChI=1S/C49H59N9O4/c1-7-29(6)61-34-12-8-11-32(22-34)49-58-38-18-16-30(36-25-52-45(54-36)39-13-9-19-56(39)47(59)43(50)27(2)3)21-33(38)23-41(58)35-17-15-31(24-42(35)62-49)37-26-53-46(55-37)40-14-10-20-57(40)48(60)44(51)28(4)5/h8,11-12,15-18,21-29,39-40,43-44,49H,7,9-10,13-14,19-20,50-51H2,1-6H3,(H,52,54)(H,53,55)/t29-,39+,40?,43+,44+,49?/m1/s1. The average Bonchev–Trinajstić information content (AvgIpc) is 4.13. The molecule has 3 aromatic heterocycles. The molecule has 62 heavy (non-hydrogen) atoms. The molecule has 2 amide bonds. The molecule has 2 saturated heterocycles. The Bertz CT molecular complexity index is 2610. The highest BCUT2D eigenvalue weighted by Gasteiger charge is 2.37. The van der Waals surface area contributed by atoms with E-state index in [9.17, 15) is 9.59 Å². The number of nitrogens with zero attached hydrogens (tertiary/aromatic N) is 5. The van der Waals surface area contributed by atoms with Gasteiger partial charge in [0.15, 0.2) is 0 Å². The number of benzene rings is 3. The van der Waals surface area contributed by atoms with Crippen LogP contribution in [0.25, 0.3) is 44.7 Å². The van der Waals surface area contributed by atoms with E-state index in [0.717, 1.165) is 105 Å². The number of aromatic nitrogens is 5. The number of H-pyrrole nitrogens is 2. The second-order valence-corrected chi connectivity index (χ2v) is 18.0. The number of hydrogen-bond acceptors (Lipinski definition) is 8. The van der Waals surface area contributed by atoms with Crippen LogP contribution < -0.4 is 20.9 Å². The Kier molecular flexibility index (Phi) is 11.2. The van der Waals surface area contributed by atoms with Crippen molar-refractivity contribution < 1.29 is 19.1 Å². The summed E-state index contributed by atoms with van der Waals surface area (Å²) >= 11 is 0. The molecule has 2 fully saturated rings. The molecular formula is C49H59N9O4. The zero-order valence-electron chi connectivity index (χ0n) is 36.6. The predicted octanol–water partition coefficient (Wildman–Crippen LogP) is 8.50. The Morgan fingerprint density at radius 1 is 0.790 bits per heavy atom. The van der Waals surface area contributed by atoms with Gasteiger partial charge in [-0.1, -0.05) is 58.9 Å². The van der Waals surface area contributed by atoms with Crippen LogP contribution in [-0.4, -0.2) is 77.4 Å². The molecule has 324 valence electrons. The summed E-state index contributed by atoms with van der Waals surface area (Å²) in [5.41, 5.74) is 20.3. The van der Waals surface area contributed by atoms with Crippen molar-refractivity contribution in [1.29, 1.82) is 0 Å². The first-order valence-corrected chi connectivity index (χ1v) is 22.4. The fourth-order valence-corrected chi connectivity index (χ4v) is 9.20. The molecule has 3 aromatic carbocycles. The minimum Gasteiger partial charge on any atom is -0.491 e. The molecule has 0 radical (unpaired) electrons. The lowest BCUT2D eigenvalue weighted by Gasteiger charge is -2.31. The van der Waals surface area contributed by atoms with Crippen LogP contribution in [0.15, 0.2) is 79.1 Å². The van der Waals surface area contributed by atoms with Gasteiger partial charge in [-0.15, -0.1) is 0 Å². The number of hydrogen-bond donors (Lipinski definition) is 4. The van der Waals surface area contributed by atoms with Gasteiger partial charge < -0.3 is 45.3 Å². The molecule has 3 aliphatic rings. The first-order valence-electron chi connectivity index (χ1n) is 22.4. The number of rotatable bonds is 12. The van der Waals surface area contributed by atoms with E-state index in [4.69, 9.17) is 30.9 Å². The highest BCUT2D eigenvalue weighted by Crippen LogP contribution is 2.46. The third-order valence-corrected chi connectivity index (χ3v) is 13.1. The molecule has 6 heterocycles. The summed E-state index contributed by atoms with van der Waals surface area (Å²) in [6, 6.07) is 21.8. The smallest absolute Gasteiger partial charge is 0.240 e. The lowest BCUT2D eigenvalue weighted by molar-refractivity contribution is -0.135. The fourth-order valence-electron chi connectivity index (χ4n) is 9.20. The number of imidazole rings is 2. The topological polar surface area (TPSA) is 173 Å². The first kappa shape index (κ1) is 41.4. The van der Waals surface area contributed by atoms with E-state index in [1.807, 2.05) is 62.0 Å². The van der Waals surface area contributed by atoms with Gasteiger partial charge in [-0.3, -0.25) is 9.59 Å². The summed E-state index contributed by atoms with van der Waals surface area (Å²) in [6.07, 6.45) is 7.69. The molecule has 2 unspecified atom stereocenters. The van der Waals surface area contributed by atoms with Crippen LogP contribution in [0.1, 0.15) is 109 Å². The lowest BCUT2D eigenvalue weighted by atomic mass is 10.0. The number of nitrogens with two attached hydrogens (primary N) is 2. The summed E-state index contributed by atoms with van der Waals surface area (Å²) in [4.78, 5) is 47.1. The molecule has 9 rings (SSSR count). The van der Waals surface area contributed by atoms with Crippen LogP contribution >= 0.6 is 0 Å². The maximum absolute atomic E-state index is 13.3. The maximum atomic E-state index is 13.3. The number of aromatic amines is 2. The Morgan fingerprint density at radius 3 is 1.98 bits per heavy atom. The number of carbonyl (C=O) groups is 2. The molecule has 0 bridgehead atoms. The highest BCUT2D eigenvalue weighted by molar-refractivity contribution is 5.92. The highest BCUT2D eigenvalue weighted by atomic mass is 16.5. The zero-order chi connectivity index (χ0) is 43.4. The minimum atomic E-state index is -0.542. The number of carbonyl (C=O) groups excluding carboxylic acids is 2. The van der Waals surface area contributed by atoms with Gasteiger partial charge in [0.05, 0.1) is 65.3 Å². The Morgan fingerprint density at radius 2 is 1.39 bits per heavy atom. The van der Waals surface area contributed by atoms with Crippen LogP contribution in [-0.2, 0) is 9.59 Å². The van der Waals surface area contributed by atoms with Gasteiger partial charge in [0.2, 0.25) is 18.0 Å². The largest absolute Gasteiger partial charge is 0.491 e. The summed E-state index contributed by atoms with van der Waals surface area (Å²) in [5.74, 6) is 3.15. The zero-order valence-corrected chi connectivity index (χ0v) is 36.6. The van der Waals surface area contributed by atoms with E-state index < -0.39 is 18.3 Å². The van der Waals surface area contributed by atoms with Crippen molar-refractivity contribution in [3.05, 3.63) is 96.3 Å². The van der Waals surface area contributed by atoms with Gasteiger partial charge in [-0.2, -0.15) is 0 Å². The van der Waals surface area contributed by atoms with Gasteiger partial charge in [-0.25, -0.2) is 9.97 Å². The second kappa shape index (κ2) is 16.7. The summed E-state index contributed by atoms with van der Waals surface area (Å²) in [5, 5.41) is 1.05. The van der Waals surface area contributed by atoms with Crippen molar-refractivity contribution >= 4 is 22.7 Å². The second-order valence-electron chi connectivity index (χ2n) is 18.0. The van der Waals surface area contributed by atoms with Gasteiger partial charge in [0, 0.05) is 40.7 Å². The molecule has 6 aromatic rings. The van der Waals surface area contributed by atoms with Crippen molar-refractivity contribution in [3.8, 4) is 45.3 Å². The van der Waals surface area contributed by atoms with Gasteiger partial charge in [0.25, 0.3) is 0 Å². The molecule has 6 atom stereocenters. The maximum Gasteiger partial charge on any atom is 0.240 e. The molecule has 6 N–H and O–H groups in total. The molecule has 3 aliphatic heterocycles. The molecule has 13 nitrogen and oxygen atoms in total. The monoisotopic (exact) mass is 837 g/mol. The number of fused-ring (bicyclic) bond motifs is 5. The van der Waals surface area contributed by atoms with Crippen molar-refractivity contribution in [1.82, 2.24) is 34.3 Å². The van der Waals surface area contributed by atoms with Crippen LogP contribution in [0.4, 0.5) is 0 Å². The minimum absolute atomic E-state index is 0.0204. The molecule has 0 spiro atoms. The number of likely N-dealkylation sites (tertiary alicyclic amines) is 2. The molecular weight excluding hydrogens is 779 g/mol. The normalized spacial score (nSPS) is 20.1. The van der Waals surface area contributed by atoms with E-state index >= 15 is 0 Å². The SMILES string of the molecule is CC[C@@H](C)Oc1cccc(C2Oc3cc(-c4cnc(C5CCCN5C(=O)[C@@H](N)C(C)C)[nH]4)ccc3-c3cc4cc(-c5cnc([C@@H]6CCCN6C(=O)[C@@H](N)C(C)C)[nH]5)ccc4n32)c1. The first-order chi connectivity index (χ1) is 29.9. The van der Waals surface area contributed by atoms with Crippen LogP contribution in [0.5, 0.6) is 11.5 Å². The van der Waals surface area contributed by atoms with Crippen molar-refractivity contribution in [2.75, 3.05) is 13.1 Å². The van der Waals surface area contributed by atoms with Crippen LogP contribution in [0.2, 0.25) is 0 Å². The van der Waals surface area contributed by atoms with E-state index in [1.54, 1.807) is 0 Å². The van der Waals surface area contributed by atoms with Gasteiger partial charge in [-0.05, 0) is 93.3 Å². The molecule has 0 saturated carbocycles. The quantitative estimate of drug-likeness (QED) is 0.0950. The van der Waals surface area contributed by atoms with E-state index in [2.05, 4.69) is 83.0 Å². The van der Waals surface area contributed by atoms with Crippen molar-refractivity contribution in [2.24, 2.45) is 23.3 Å². The Labute approximate surface area is 363 Å². The van der Waals surface area contributed by atoms with Crippen LogP contribution in [0, 0.1) is 11.8 Å². The summed E-state index contributed by atoms with van der Waals surface area (Å²) < 4.78 is 15.6. The summed E-state index contributed by atoms with van der Waals surface area (Å²) in [6.45, 7) is 13.5. The third kappa shape index (κ3) is 7.55. The van der Waals surface area contributed by atoms with Crippen LogP contribution in [0.3, 0.4) is 0 Å². The molecule has 0 aliphatic carbocycles. The van der Waals surface area contributed by atoms with Gasteiger partial charge >= 0.3 is 0 Å². The van der Waals surface area contributed by atoms with E-state index in [-0.39, 0.29) is 41.8 Å². The van der Waals surface area contributed by atoms with E-state index in [1.165, 1.54) is 0 Å². The Balaban J connectivity index is 1.06. The van der Waals surface area contributed by atoms with Crippen molar-refractivity contribution in [2.45, 2.75) is 110 Å². The van der Waals surface area contributed by atoms with E-state index in [0.29, 0.717) is 13.1 Å². The summed E-state index contributed by atoms with van der Waals surface area (Å²) in [7, 11) is 0. The number of amides is 2. The lowest BCUT2D eigenvalue weighted by Crippen LogP contribution is -2.46. The Hall–Kier alpha value is -5.92. The predicted molar refractivity (Wildman–Crippen MR) is 241 cm³/mol.